The Balaban J connectivity index is -0.000000224. The molecule has 0 amide bonds. The normalized spacial score (nSPS) is 8.68. The fraction of sp³-hybridized carbons (Fsp3) is 0.857. The van der Waals surface area contributed by atoms with Crippen molar-refractivity contribution in [3.05, 3.63) is 0 Å². The van der Waals surface area contributed by atoms with Crippen LogP contribution in [-0.4, -0.2) is 11.9 Å². The first-order valence-electron chi connectivity index (χ1n) is 7.00. The molecule has 0 spiro atoms. The molecule has 4 nitrogen and oxygen atoms in total. The van der Waals surface area contributed by atoms with Crippen LogP contribution in [0.15, 0.2) is 0 Å². The molecular weight excluding hydrogens is 376 g/mol. The van der Waals surface area contributed by atoms with Gasteiger partial charge in [-0.25, -0.2) is 0 Å². The summed E-state index contributed by atoms with van der Waals surface area (Å²) < 4.78 is 1.39. The van der Waals surface area contributed by atoms with E-state index in [1.807, 2.05) is 13.8 Å². The van der Waals surface area contributed by atoms with Gasteiger partial charge in [-0.3, -0.25) is 0 Å². The van der Waals surface area contributed by atoms with Crippen LogP contribution in [0, 0.1) is 38.8 Å². The number of carboxylic acids is 2. The van der Waals surface area contributed by atoms with Gasteiger partial charge in [0, 0.05) is 11.9 Å². The van der Waals surface area contributed by atoms with E-state index in [9.17, 15) is 19.8 Å². The molecule has 19 heavy (non-hydrogen) atoms. The number of carbonyl (C=O) groups is 2. The van der Waals surface area contributed by atoms with Crippen LogP contribution < -0.4 is 10.2 Å². The Morgan fingerprint density at radius 2 is 1.05 bits per heavy atom. The molecule has 0 unspecified atom stereocenters. The molecule has 0 fully saturated rings. The summed E-state index contributed by atoms with van der Waals surface area (Å²) in [4.78, 5) is 19.5. The number of carboxylic acid groups (broad SMARTS) is 2. The summed E-state index contributed by atoms with van der Waals surface area (Å²) in [6, 6.07) is 0. The van der Waals surface area contributed by atoms with Crippen LogP contribution in [0.1, 0.15) is 72.1 Å². The van der Waals surface area contributed by atoms with E-state index in [-0.39, 0.29) is 12.8 Å². The number of hydrogen-bond acceptors (Lipinski definition) is 4. The number of rotatable bonds is 8. The predicted molar refractivity (Wildman–Crippen MR) is 68.8 cm³/mol. The molecule has 0 aliphatic rings. The van der Waals surface area contributed by atoms with Crippen molar-refractivity contribution in [2.24, 2.45) is 0 Å². The molecule has 5 heteroatoms. The van der Waals surface area contributed by atoms with Crippen molar-refractivity contribution in [2.75, 3.05) is 0 Å². The van der Waals surface area contributed by atoms with Gasteiger partial charge < -0.3 is 19.8 Å². The van der Waals surface area contributed by atoms with E-state index in [4.69, 9.17) is 0 Å². The van der Waals surface area contributed by atoms with Gasteiger partial charge in [0.2, 0.25) is 0 Å². The molecule has 0 rings (SSSR count). The fourth-order valence-corrected chi connectivity index (χ4v) is 1.04. The topological polar surface area (TPSA) is 80.3 Å². The van der Waals surface area contributed by atoms with Crippen molar-refractivity contribution in [1.29, 1.82) is 0 Å². The Hall–Kier alpha value is 0.291. The molecule has 0 aromatic heterocycles. The second-order valence-corrected chi connectivity index (χ2v) is 6.28. The molecule has 0 heterocycles. The second-order valence-electron chi connectivity index (χ2n) is 4.01. The molecule has 0 aliphatic carbocycles. The van der Waals surface area contributed by atoms with Gasteiger partial charge in [-0.15, -0.1) is 0 Å². The Labute approximate surface area is 144 Å². The molecule has 0 N–H and O–H groups in total. The molecule has 0 bridgehead atoms. The summed E-state index contributed by atoms with van der Waals surface area (Å²) in [7, 11) is 0. The van der Waals surface area contributed by atoms with Crippen molar-refractivity contribution in [1.82, 2.24) is 0 Å². The van der Waals surface area contributed by atoms with Crippen molar-refractivity contribution < 1.29 is 58.6 Å². The summed E-state index contributed by atoms with van der Waals surface area (Å²) in [6.07, 6.45) is 6.07. The van der Waals surface area contributed by atoms with Crippen LogP contribution in [0.4, 0.5) is 0 Å². The molecule has 0 saturated carbocycles. The first kappa shape index (κ1) is 24.3. The van der Waals surface area contributed by atoms with E-state index in [1.165, 1.54) is 40.8 Å². The van der Waals surface area contributed by atoms with Crippen LogP contribution in [0.2, 0.25) is 2.07 Å². The number of hydrogen-bond donors (Lipinski definition) is 0. The molecule has 0 aromatic rings. The number of carbonyl (C=O) groups excluding carboxylic acids is 2. The first-order valence-corrected chi connectivity index (χ1v) is 9.27. The number of unbranched alkanes of at least 4 members (excludes halogenated alkanes) is 4. The molecule has 0 aliphatic heterocycles. The molecule has 0 aromatic carbocycles. The zero-order chi connectivity index (χ0) is 15.5. The van der Waals surface area contributed by atoms with Crippen LogP contribution in [0.3, 0.4) is 0 Å². The monoisotopic (exact) mass is 401 g/mol. The Bertz CT molecular complexity index is 176. The van der Waals surface area contributed by atoms with Gasteiger partial charge in [0.05, 0.1) is 0 Å². The summed E-state index contributed by atoms with van der Waals surface area (Å²) in [5, 5.41) is 19.5. The predicted octanol–water partition coefficient (Wildman–Crippen LogP) is 1.61. The zero-order valence-corrected chi connectivity index (χ0v) is 15.7. The summed E-state index contributed by atoms with van der Waals surface area (Å²) >= 11 is 1.37. The summed E-state index contributed by atoms with van der Waals surface area (Å²) in [5.74, 6) is -1.86. The molecule has 0 saturated heterocycles. The molecular formula is C14H27NdO4. The molecule has 0 atom stereocenters. The van der Waals surface area contributed by atoms with E-state index < -0.39 is 11.9 Å². The van der Waals surface area contributed by atoms with E-state index >= 15 is 0 Å². The fourth-order valence-electron chi connectivity index (χ4n) is 1.04. The van der Waals surface area contributed by atoms with Gasteiger partial charge in [-0.05, 0) is 25.7 Å². The standard InChI is InChI=1S/2C6H12O2.C2H5.Nd/c2*1-2-3-4-5-6(7)8;1-2;/h2*2-5H2,1H3,(H,7,8);1H2,2H3;/q;;;+2/p-2. The van der Waals surface area contributed by atoms with E-state index in [0.29, 0.717) is 0 Å². The molecule has 111 valence electrons. The van der Waals surface area contributed by atoms with Crippen LogP contribution >= 0.6 is 0 Å². The van der Waals surface area contributed by atoms with E-state index in [0.717, 1.165) is 38.5 Å². The average molecular weight is 404 g/mol. The van der Waals surface area contributed by atoms with E-state index in [1.54, 1.807) is 0 Å². The van der Waals surface area contributed by atoms with Crippen LogP contribution in [-0.2, 0) is 9.59 Å². The Morgan fingerprint density at radius 3 is 1.21 bits per heavy atom. The van der Waals surface area contributed by atoms with Gasteiger partial charge in [-0.1, -0.05) is 39.5 Å². The van der Waals surface area contributed by atoms with Gasteiger partial charge >= 0.3 is 47.8 Å². The van der Waals surface area contributed by atoms with E-state index in [2.05, 4.69) is 6.92 Å². The minimum absolute atomic E-state index is 0.216. The third-order valence-corrected chi connectivity index (χ3v) is 1.97. The quantitative estimate of drug-likeness (QED) is 0.577. The van der Waals surface area contributed by atoms with Gasteiger partial charge in [-0.2, -0.15) is 0 Å². The SMILES string of the molecule is CCCCCC(=O)[O-].CCCCCC(=O)[O-].C[CH2][Nd+2]. The van der Waals surface area contributed by atoms with Crippen molar-refractivity contribution in [3.63, 3.8) is 0 Å². The van der Waals surface area contributed by atoms with Crippen LogP contribution in [0.25, 0.3) is 0 Å². The van der Waals surface area contributed by atoms with Gasteiger partial charge in [0.15, 0.2) is 0 Å². The van der Waals surface area contributed by atoms with Crippen molar-refractivity contribution >= 4 is 11.9 Å². The maximum absolute atomic E-state index is 9.76. The van der Waals surface area contributed by atoms with Gasteiger partial charge in [0.1, 0.15) is 0 Å². The summed E-state index contributed by atoms with van der Waals surface area (Å²) in [5.41, 5.74) is 0. The van der Waals surface area contributed by atoms with Gasteiger partial charge in [0.25, 0.3) is 0 Å². The Morgan fingerprint density at radius 1 is 0.789 bits per heavy atom. The molecule has 0 radical (unpaired) electrons. The minimum atomic E-state index is -0.932. The van der Waals surface area contributed by atoms with Crippen LogP contribution in [0.5, 0.6) is 0 Å². The van der Waals surface area contributed by atoms with Crippen molar-refractivity contribution in [3.8, 4) is 0 Å². The second kappa shape index (κ2) is 23.4. The number of aliphatic carboxylic acids is 2. The maximum atomic E-state index is 9.76. The Kier molecular flexibility index (Phi) is 29.9. The average Bonchev–Trinajstić information content (AvgIpc) is 2.31. The third-order valence-electron chi connectivity index (χ3n) is 1.97. The third kappa shape index (κ3) is 45.8. The summed E-state index contributed by atoms with van der Waals surface area (Å²) in [6.45, 7) is 6.26. The van der Waals surface area contributed by atoms with Crippen molar-refractivity contribution in [2.45, 2.75) is 74.2 Å². The zero-order valence-electron chi connectivity index (χ0n) is 12.5. The first-order chi connectivity index (χ1) is 8.95.